The predicted molar refractivity (Wildman–Crippen MR) is 194 cm³/mol. The first kappa shape index (κ1) is 35.2. The van der Waals surface area contributed by atoms with E-state index in [2.05, 4.69) is 88.7 Å². The molecule has 0 fully saturated rings. The molecule has 2 unspecified atom stereocenters. The van der Waals surface area contributed by atoms with E-state index in [1.54, 1.807) is 7.11 Å². The fourth-order valence-electron chi connectivity index (χ4n) is 5.83. The van der Waals surface area contributed by atoms with Crippen LogP contribution in [0.25, 0.3) is 0 Å². The molecule has 0 amide bonds. The molecular formula is C38H52N8O2. The number of nitrogens with one attached hydrogen (secondary N) is 3. The number of fused-ring (bicyclic) bond motifs is 1. The van der Waals surface area contributed by atoms with Crippen molar-refractivity contribution in [3.05, 3.63) is 95.3 Å². The molecule has 2 aliphatic heterocycles. The number of methoxy groups -OCH3 is 1. The number of benzene rings is 1. The van der Waals surface area contributed by atoms with Crippen LogP contribution in [0.5, 0.6) is 0 Å². The number of likely N-dealkylation sites (N-methyl/N-ethyl adjacent to an activating group) is 1. The van der Waals surface area contributed by atoms with Crippen molar-refractivity contribution in [2.75, 3.05) is 52.3 Å². The summed E-state index contributed by atoms with van der Waals surface area (Å²) in [7, 11) is 3.87. The first-order valence-electron chi connectivity index (χ1n) is 17.1. The molecule has 10 heteroatoms. The Kier molecular flexibility index (Phi) is 12.3. The van der Waals surface area contributed by atoms with Gasteiger partial charge in [0.1, 0.15) is 6.04 Å². The normalized spacial score (nSPS) is 20.6. The number of rotatable bonds is 15. The van der Waals surface area contributed by atoms with Crippen LogP contribution in [-0.4, -0.2) is 89.5 Å². The van der Waals surface area contributed by atoms with Crippen LogP contribution in [-0.2, 0) is 11.3 Å². The van der Waals surface area contributed by atoms with Gasteiger partial charge < -0.3 is 35.6 Å². The molecule has 1 aliphatic carbocycles. The van der Waals surface area contributed by atoms with Crippen molar-refractivity contribution in [3.63, 3.8) is 0 Å². The molecule has 0 bridgehead atoms. The number of aliphatic hydroxyl groups is 1. The molecule has 4 N–H and O–H groups in total. The third kappa shape index (κ3) is 9.26. The molecule has 0 radical (unpaired) electrons. The monoisotopic (exact) mass is 652 g/mol. The Bertz CT molecular complexity index is 1610. The number of aliphatic hydroxyl groups excluding tert-OH is 1. The first-order valence-corrected chi connectivity index (χ1v) is 17.1. The summed E-state index contributed by atoms with van der Waals surface area (Å²) in [6.45, 7) is 13.7. The molecular weight excluding hydrogens is 600 g/mol. The molecule has 256 valence electrons. The summed E-state index contributed by atoms with van der Waals surface area (Å²) in [6, 6.07) is 6.44. The quantitative estimate of drug-likeness (QED) is 0.128. The Hall–Kier alpha value is -4.14. The number of aryl methyl sites for hydroxylation is 2. The van der Waals surface area contributed by atoms with Gasteiger partial charge in [0.15, 0.2) is 12.1 Å². The molecule has 2 aromatic rings. The molecule has 0 saturated carbocycles. The number of hydrogen-bond donors (Lipinski definition) is 4. The Morgan fingerprint density at radius 3 is 2.90 bits per heavy atom. The summed E-state index contributed by atoms with van der Waals surface area (Å²) in [5.41, 5.74) is 5.51. The number of aromatic nitrogens is 2. The maximum atomic E-state index is 11.1. The van der Waals surface area contributed by atoms with Gasteiger partial charge in [0.05, 0.1) is 24.1 Å². The minimum Gasteiger partial charge on any atom is -0.385 e. The van der Waals surface area contributed by atoms with Gasteiger partial charge in [-0.3, -0.25) is 9.67 Å². The fourth-order valence-corrected chi connectivity index (χ4v) is 5.83. The van der Waals surface area contributed by atoms with E-state index in [-0.39, 0.29) is 6.04 Å². The highest BCUT2D eigenvalue weighted by molar-refractivity contribution is 6.04. The van der Waals surface area contributed by atoms with Crippen molar-refractivity contribution in [1.29, 1.82) is 0 Å². The van der Waals surface area contributed by atoms with Crippen molar-refractivity contribution < 1.29 is 9.84 Å². The topological polar surface area (TPSA) is 102 Å². The van der Waals surface area contributed by atoms with Gasteiger partial charge in [0.2, 0.25) is 0 Å². The molecule has 0 saturated heterocycles. The predicted octanol–water partition coefficient (Wildman–Crippen LogP) is 4.40. The van der Waals surface area contributed by atoms with E-state index in [9.17, 15) is 5.11 Å². The van der Waals surface area contributed by atoms with E-state index in [1.165, 1.54) is 0 Å². The third-order valence-electron chi connectivity index (χ3n) is 9.19. The zero-order chi connectivity index (χ0) is 34.0. The molecule has 3 aliphatic rings. The first-order chi connectivity index (χ1) is 23.2. The smallest absolute Gasteiger partial charge is 0.152 e. The number of amidine groups is 1. The number of aliphatic imine (C=N–C) groups is 1. The summed E-state index contributed by atoms with van der Waals surface area (Å²) in [5, 5.41) is 26.0. The average Bonchev–Trinajstić information content (AvgIpc) is 3.70. The molecule has 3 heterocycles. The molecule has 1 aromatic carbocycles. The Morgan fingerprint density at radius 1 is 1.25 bits per heavy atom. The van der Waals surface area contributed by atoms with Gasteiger partial charge in [-0.05, 0) is 75.9 Å². The van der Waals surface area contributed by atoms with Crippen LogP contribution in [0.1, 0.15) is 50.1 Å². The van der Waals surface area contributed by atoms with Crippen LogP contribution >= 0.6 is 0 Å². The molecule has 1 aromatic heterocycles. The molecule has 48 heavy (non-hydrogen) atoms. The Morgan fingerprint density at radius 2 is 2.10 bits per heavy atom. The SMILES string of the molecule is COCCCn1cc(NC2=CC=CN3C2=NCC3C#Cc2cc([C@@H](O)NC3=CC(C)[C@@H](CNCCN(C)C(C)C)C=C3)ccc2C)cn1. The summed E-state index contributed by atoms with van der Waals surface area (Å²) in [6.07, 6.45) is 16.5. The zero-order valence-corrected chi connectivity index (χ0v) is 29.3. The van der Waals surface area contributed by atoms with Crippen molar-refractivity contribution >= 4 is 11.5 Å². The van der Waals surface area contributed by atoms with Gasteiger partial charge >= 0.3 is 0 Å². The number of allylic oxidation sites excluding steroid dienone is 4. The van der Waals surface area contributed by atoms with Gasteiger partial charge in [-0.2, -0.15) is 5.10 Å². The van der Waals surface area contributed by atoms with Crippen LogP contribution in [0.3, 0.4) is 0 Å². The average molecular weight is 653 g/mol. The summed E-state index contributed by atoms with van der Waals surface area (Å²) in [5.74, 6) is 8.48. The minimum absolute atomic E-state index is 0.0813. The van der Waals surface area contributed by atoms with E-state index in [0.29, 0.717) is 31.0 Å². The second-order valence-electron chi connectivity index (χ2n) is 13.1. The highest BCUT2D eigenvalue weighted by Gasteiger charge is 2.29. The summed E-state index contributed by atoms with van der Waals surface area (Å²) in [4.78, 5) is 9.28. The van der Waals surface area contributed by atoms with Crippen LogP contribution in [0.15, 0.2) is 83.6 Å². The van der Waals surface area contributed by atoms with Crippen LogP contribution in [0, 0.1) is 30.6 Å². The lowest BCUT2D eigenvalue weighted by Crippen LogP contribution is -2.36. The van der Waals surface area contributed by atoms with Gasteiger partial charge in [0.25, 0.3) is 0 Å². The Balaban J connectivity index is 1.15. The molecule has 5 rings (SSSR count). The fraction of sp³-hybridized carbons (Fsp3) is 0.474. The molecule has 10 nitrogen and oxygen atoms in total. The minimum atomic E-state index is -0.843. The van der Waals surface area contributed by atoms with Crippen LogP contribution < -0.4 is 16.0 Å². The maximum absolute atomic E-state index is 11.1. The van der Waals surface area contributed by atoms with E-state index in [1.807, 2.05) is 60.6 Å². The highest BCUT2D eigenvalue weighted by atomic mass is 16.5. The van der Waals surface area contributed by atoms with Gasteiger partial charge in [0, 0.05) is 75.2 Å². The van der Waals surface area contributed by atoms with E-state index >= 15 is 0 Å². The number of anilines is 1. The standard InChI is InChI=1S/C38H52N8O2/c1-27(2)44(5)19-16-39-23-32-12-14-33(21-29(32)4)43-38(47)31-11-10-28(3)30(22-31)13-15-35-25-40-37-36(9-7-18-46(35)37)42-34-24-41-45(26-34)17-8-20-48-6/h7,9-12,14,18,21-22,24,26-27,29,32,35,38-39,42-43,47H,8,16-17,19-20,23,25H2,1-6H3/t29?,32-,35?,38-/m1/s1. The molecule has 0 spiro atoms. The van der Waals surface area contributed by atoms with Crippen LogP contribution in [0.4, 0.5) is 5.69 Å². The van der Waals surface area contributed by atoms with Crippen molar-refractivity contribution in [1.82, 2.24) is 30.2 Å². The van der Waals surface area contributed by atoms with Crippen LogP contribution in [0.2, 0.25) is 0 Å². The zero-order valence-electron chi connectivity index (χ0n) is 29.3. The maximum Gasteiger partial charge on any atom is 0.152 e. The Labute approximate surface area is 286 Å². The second kappa shape index (κ2) is 16.8. The lowest BCUT2D eigenvalue weighted by atomic mass is 9.88. The largest absolute Gasteiger partial charge is 0.385 e. The van der Waals surface area contributed by atoms with Gasteiger partial charge in [-0.25, -0.2) is 0 Å². The summed E-state index contributed by atoms with van der Waals surface area (Å²) >= 11 is 0. The number of nitrogens with zero attached hydrogens (tertiary/aromatic N) is 5. The van der Waals surface area contributed by atoms with Crippen molar-refractivity contribution in [2.45, 2.75) is 59.0 Å². The van der Waals surface area contributed by atoms with Gasteiger partial charge in [-0.1, -0.05) is 43.0 Å². The lowest BCUT2D eigenvalue weighted by Gasteiger charge is -2.26. The van der Waals surface area contributed by atoms with E-state index < -0.39 is 6.23 Å². The second-order valence-corrected chi connectivity index (χ2v) is 13.1. The van der Waals surface area contributed by atoms with Crippen molar-refractivity contribution in [3.8, 4) is 11.8 Å². The van der Waals surface area contributed by atoms with E-state index in [0.717, 1.165) is 72.2 Å². The third-order valence-corrected chi connectivity index (χ3v) is 9.19. The summed E-state index contributed by atoms with van der Waals surface area (Å²) < 4.78 is 7.06. The van der Waals surface area contributed by atoms with Crippen molar-refractivity contribution in [2.24, 2.45) is 16.8 Å². The molecule has 4 atom stereocenters. The lowest BCUT2D eigenvalue weighted by molar-refractivity contribution is 0.152. The number of hydrogen-bond acceptors (Lipinski definition) is 9. The highest BCUT2D eigenvalue weighted by Crippen LogP contribution is 2.25. The van der Waals surface area contributed by atoms with Gasteiger partial charge in [-0.15, -0.1) is 0 Å². The van der Waals surface area contributed by atoms with E-state index in [4.69, 9.17) is 9.73 Å². The number of ether oxygens (including phenoxy) is 1.